The summed E-state index contributed by atoms with van der Waals surface area (Å²) in [7, 11) is -3.84. The molecule has 0 radical (unpaired) electrons. The van der Waals surface area contributed by atoms with Crippen LogP contribution in [-0.2, 0) is 10.0 Å². The molecule has 1 amide bonds. The van der Waals surface area contributed by atoms with Gasteiger partial charge in [0.2, 0.25) is 0 Å². The van der Waals surface area contributed by atoms with Crippen LogP contribution in [0.3, 0.4) is 0 Å². The fourth-order valence-corrected chi connectivity index (χ4v) is 4.19. The van der Waals surface area contributed by atoms with E-state index in [0.29, 0.717) is 22.9 Å². The molecule has 32 heavy (non-hydrogen) atoms. The van der Waals surface area contributed by atoms with Crippen molar-refractivity contribution in [3.63, 3.8) is 0 Å². The van der Waals surface area contributed by atoms with Crippen LogP contribution in [0.2, 0.25) is 5.02 Å². The van der Waals surface area contributed by atoms with Gasteiger partial charge in [0, 0.05) is 22.8 Å². The zero-order valence-electron chi connectivity index (χ0n) is 17.3. The van der Waals surface area contributed by atoms with E-state index in [2.05, 4.69) is 10.0 Å². The first-order valence-electron chi connectivity index (χ1n) is 9.86. The highest BCUT2D eigenvalue weighted by atomic mass is 35.5. The van der Waals surface area contributed by atoms with Crippen molar-refractivity contribution in [1.29, 1.82) is 0 Å². The van der Waals surface area contributed by atoms with Gasteiger partial charge < -0.3 is 15.2 Å². The lowest BCUT2D eigenvalue weighted by Crippen LogP contribution is -2.28. The van der Waals surface area contributed by atoms with E-state index < -0.39 is 22.0 Å². The number of rotatable bonds is 9. The van der Waals surface area contributed by atoms with Crippen LogP contribution in [-0.4, -0.2) is 32.6 Å². The Morgan fingerprint density at radius 3 is 2.47 bits per heavy atom. The first kappa shape index (κ1) is 23.6. The average molecular weight is 475 g/mol. The van der Waals surface area contributed by atoms with Crippen molar-refractivity contribution in [2.24, 2.45) is 0 Å². The minimum atomic E-state index is -3.84. The van der Waals surface area contributed by atoms with E-state index in [-0.39, 0.29) is 22.7 Å². The second-order valence-corrected chi connectivity index (χ2v) is 8.99. The van der Waals surface area contributed by atoms with Crippen LogP contribution >= 0.6 is 11.6 Å². The number of nitrogens with one attached hydrogen (secondary N) is 2. The molecule has 3 aromatic rings. The average Bonchev–Trinajstić information content (AvgIpc) is 2.77. The van der Waals surface area contributed by atoms with E-state index in [0.717, 1.165) is 0 Å². The summed E-state index contributed by atoms with van der Waals surface area (Å²) < 4.78 is 33.1. The molecule has 0 bridgehead atoms. The van der Waals surface area contributed by atoms with Gasteiger partial charge in [-0.15, -0.1) is 0 Å². The lowest BCUT2D eigenvalue weighted by molar-refractivity contribution is 0.0916. The van der Waals surface area contributed by atoms with Crippen molar-refractivity contribution < 1.29 is 23.1 Å². The Kier molecular flexibility index (Phi) is 7.74. The van der Waals surface area contributed by atoms with Crippen molar-refractivity contribution in [1.82, 2.24) is 5.32 Å². The lowest BCUT2D eigenvalue weighted by Gasteiger charge is -2.13. The third-order valence-corrected chi connectivity index (χ3v) is 6.14. The number of ether oxygens (including phenoxy) is 1. The molecule has 3 N–H and O–H groups in total. The maximum absolute atomic E-state index is 12.7. The summed E-state index contributed by atoms with van der Waals surface area (Å²) in [6.45, 7) is 2.30. The monoisotopic (exact) mass is 474 g/mol. The zero-order valence-corrected chi connectivity index (χ0v) is 18.9. The summed E-state index contributed by atoms with van der Waals surface area (Å²) in [6, 6.07) is 18.9. The SMILES string of the molecule is CCOc1ccc(S(=O)(=O)Nc2cccc(C(=O)NC[C@H](O)c3cccc(Cl)c3)c2)cc1. The van der Waals surface area contributed by atoms with Gasteiger partial charge >= 0.3 is 0 Å². The van der Waals surface area contributed by atoms with E-state index in [4.69, 9.17) is 16.3 Å². The Balaban J connectivity index is 1.65. The molecule has 1 atom stereocenters. The van der Waals surface area contributed by atoms with Gasteiger partial charge in [-0.05, 0) is 67.1 Å². The van der Waals surface area contributed by atoms with Crippen LogP contribution in [0.4, 0.5) is 5.69 Å². The predicted octanol–water partition coefficient (Wildman–Crippen LogP) is 4.00. The van der Waals surface area contributed by atoms with Crippen LogP contribution in [0, 0.1) is 0 Å². The molecular weight excluding hydrogens is 452 g/mol. The Bertz CT molecular complexity index is 1180. The molecule has 3 rings (SSSR count). The van der Waals surface area contributed by atoms with Gasteiger partial charge in [0.1, 0.15) is 5.75 Å². The second kappa shape index (κ2) is 10.5. The number of carbonyl (C=O) groups excluding carboxylic acids is 1. The van der Waals surface area contributed by atoms with Crippen molar-refractivity contribution in [2.45, 2.75) is 17.9 Å². The second-order valence-electron chi connectivity index (χ2n) is 6.87. The van der Waals surface area contributed by atoms with Crippen molar-refractivity contribution in [3.05, 3.63) is 88.9 Å². The number of sulfonamides is 1. The predicted molar refractivity (Wildman–Crippen MR) is 124 cm³/mol. The van der Waals surface area contributed by atoms with Crippen molar-refractivity contribution >= 4 is 33.2 Å². The normalized spacial score (nSPS) is 12.1. The van der Waals surface area contributed by atoms with E-state index in [1.807, 2.05) is 6.92 Å². The topological polar surface area (TPSA) is 105 Å². The minimum Gasteiger partial charge on any atom is -0.494 e. The molecule has 168 valence electrons. The molecule has 0 aliphatic carbocycles. The number of amides is 1. The van der Waals surface area contributed by atoms with Crippen LogP contribution in [0.5, 0.6) is 5.75 Å². The van der Waals surface area contributed by atoms with Gasteiger partial charge in [0.05, 0.1) is 17.6 Å². The van der Waals surface area contributed by atoms with Gasteiger partial charge in [-0.3, -0.25) is 9.52 Å². The summed E-state index contributed by atoms with van der Waals surface area (Å²) in [5.74, 6) is 0.123. The van der Waals surface area contributed by atoms with Crippen LogP contribution < -0.4 is 14.8 Å². The summed E-state index contributed by atoms with van der Waals surface area (Å²) in [6.07, 6.45) is -0.931. The highest BCUT2D eigenvalue weighted by Crippen LogP contribution is 2.21. The zero-order chi connectivity index (χ0) is 23.1. The standard InChI is InChI=1S/C23H23ClN2O5S/c1-2-31-20-9-11-21(12-10-20)32(29,30)26-19-8-4-6-17(14-19)23(28)25-15-22(27)16-5-3-7-18(24)13-16/h3-14,22,26-27H,2,15H2,1H3,(H,25,28)/t22-/m0/s1. The Hall–Kier alpha value is -3.07. The van der Waals surface area contributed by atoms with Crippen LogP contribution in [0.25, 0.3) is 0 Å². The molecule has 0 saturated carbocycles. The smallest absolute Gasteiger partial charge is 0.261 e. The summed E-state index contributed by atoms with van der Waals surface area (Å²) in [4.78, 5) is 12.6. The Labute approximate surface area is 192 Å². The first-order chi connectivity index (χ1) is 15.3. The number of aliphatic hydroxyl groups is 1. The number of hydrogen-bond acceptors (Lipinski definition) is 5. The number of aliphatic hydroxyl groups excluding tert-OH is 1. The van der Waals surface area contributed by atoms with Gasteiger partial charge in [-0.2, -0.15) is 0 Å². The molecule has 0 aliphatic heterocycles. The lowest BCUT2D eigenvalue weighted by atomic mass is 10.1. The van der Waals surface area contributed by atoms with Crippen LogP contribution in [0.1, 0.15) is 28.9 Å². The number of halogens is 1. The molecule has 7 nitrogen and oxygen atoms in total. The molecule has 0 fully saturated rings. The number of anilines is 1. The minimum absolute atomic E-state index is 0.0265. The molecular formula is C23H23ClN2O5S. The maximum Gasteiger partial charge on any atom is 0.261 e. The third-order valence-electron chi connectivity index (χ3n) is 4.51. The number of benzene rings is 3. The summed E-state index contributed by atoms with van der Waals surface area (Å²) >= 11 is 5.92. The van der Waals surface area contributed by atoms with Gasteiger partial charge in [0.15, 0.2) is 0 Å². The first-order valence-corrected chi connectivity index (χ1v) is 11.7. The van der Waals surface area contributed by atoms with E-state index in [9.17, 15) is 18.3 Å². The highest BCUT2D eigenvalue weighted by Gasteiger charge is 2.16. The van der Waals surface area contributed by atoms with Gasteiger partial charge in [0.25, 0.3) is 15.9 Å². The fourth-order valence-electron chi connectivity index (χ4n) is 2.94. The van der Waals surface area contributed by atoms with Crippen molar-refractivity contribution in [2.75, 3.05) is 17.9 Å². The quantitative estimate of drug-likeness (QED) is 0.434. The molecule has 0 unspecified atom stereocenters. The molecule has 3 aromatic carbocycles. The van der Waals surface area contributed by atoms with Crippen molar-refractivity contribution in [3.8, 4) is 5.75 Å². The molecule has 0 aliphatic rings. The van der Waals surface area contributed by atoms with Gasteiger partial charge in [-0.1, -0.05) is 29.8 Å². The van der Waals surface area contributed by atoms with E-state index in [1.165, 1.54) is 18.2 Å². The molecule has 9 heteroatoms. The molecule has 0 heterocycles. The highest BCUT2D eigenvalue weighted by molar-refractivity contribution is 7.92. The van der Waals surface area contributed by atoms with Crippen LogP contribution in [0.15, 0.2) is 77.7 Å². The number of carbonyl (C=O) groups is 1. The molecule has 0 aromatic heterocycles. The third kappa shape index (κ3) is 6.23. The number of hydrogen-bond donors (Lipinski definition) is 3. The Morgan fingerprint density at radius 1 is 1.06 bits per heavy atom. The van der Waals surface area contributed by atoms with Gasteiger partial charge in [-0.25, -0.2) is 8.42 Å². The summed E-state index contributed by atoms with van der Waals surface area (Å²) in [5.41, 5.74) is 1.06. The van der Waals surface area contributed by atoms with E-state index in [1.54, 1.807) is 54.6 Å². The fraction of sp³-hybridized carbons (Fsp3) is 0.174. The maximum atomic E-state index is 12.7. The molecule has 0 spiro atoms. The molecule has 0 saturated heterocycles. The summed E-state index contributed by atoms with van der Waals surface area (Å²) in [5, 5.41) is 13.4. The largest absolute Gasteiger partial charge is 0.494 e. The Morgan fingerprint density at radius 2 is 1.78 bits per heavy atom. The van der Waals surface area contributed by atoms with E-state index >= 15 is 0 Å².